The van der Waals surface area contributed by atoms with Crippen LogP contribution in [0.25, 0.3) is 0 Å². The molecule has 1 aromatic heterocycles. The molecule has 0 saturated carbocycles. The number of aliphatic hydroxyl groups excluding tert-OH is 1. The van der Waals surface area contributed by atoms with Crippen LogP contribution in [0.4, 0.5) is 5.00 Å². The molecule has 1 atom stereocenters. The van der Waals surface area contributed by atoms with Crippen LogP contribution in [0.2, 0.25) is 0 Å². The fraction of sp³-hybridized carbons (Fsp3) is 0.435. The SMILES string of the molecule is CCOc1cccc(C(C)CC(=O)Nc2sc3c(c2C#N)CCN(C(=O)CCO)C3)c1. The second-order valence-corrected chi connectivity index (χ2v) is 8.62. The van der Waals surface area contributed by atoms with Gasteiger partial charge in [0, 0.05) is 24.3 Å². The molecule has 3 rings (SSSR count). The Labute approximate surface area is 186 Å². The summed E-state index contributed by atoms with van der Waals surface area (Å²) in [5.41, 5.74) is 2.42. The predicted octanol–water partition coefficient (Wildman–Crippen LogP) is 3.42. The van der Waals surface area contributed by atoms with Gasteiger partial charge in [0.05, 0.1) is 25.3 Å². The molecule has 8 heteroatoms. The van der Waals surface area contributed by atoms with Crippen LogP contribution in [-0.4, -0.2) is 41.6 Å². The first-order chi connectivity index (χ1) is 15.0. The summed E-state index contributed by atoms with van der Waals surface area (Å²) < 4.78 is 5.54. The largest absolute Gasteiger partial charge is 0.494 e. The Morgan fingerprint density at radius 3 is 2.94 bits per heavy atom. The third kappa shape index (κ3) is 5.43. The Hall–Kier alpha value is -2.89. The van der Waals surface area contributed by atoms with E-state index in [4.69, 9.17) is 9.84 Å². The molecule has 2 N–H and O–H groups in total. The molecule has 0 saturated heterocycles. The maximum Gasteiger partial charge on any atom is 0.225 e. The van der Waals surface area contributed by atoms with Crippen molar-refractivity contribution in [3.8, 4) is 11.8 Å². The standard InChI is InChI=1S/C23H27N3O4S/c1-3-30-17-6-4-5-16(12-17)15(2)11-21(28)25-23-19(13-24)18-7-9-26(14-20(18)31-23)22(29)8-10-27/h4-6,12,15,27H,3,7-11,14H2,1-2H3,(H,25,28). The highest BCUT2D eigenvalue weighted by Crippen LogP contribution is 2.37. The van der Waals surface area contributed by atoms with Gasteiger partial charge < -0.3 is 20.1 Å². The van der Waals surface area contributed by atoms with Crippen molar-refractivity contribution in [2.75, 3.05) is 25.1 Å². The molecule has 0 radical (unpaired) electrons. The minimum atomic E-state index is -0.178. The maximum absolute atomic E-state index is 12.7. The zero-order valence-corrected chi connectivity index (χ0v) is 18.6. The number of ether oxygens (including phenoxy) is 1. The Morgan fingerprint density at radius 2 is 2.23 bits per heavy atom. The zero-order chi connectivity index (χ0) is 22.4. The highest BCUT2D eigenvalue weighted by atomic mass is 32.1. The van der Waals surface area contributed by atoms with Crippen LogP contribution in [0.1, 0.15) is 54.2 Å². The van der Waals surface area contributed by atoms with E-state index in [9.17, 15) is 14.9 Å². The first kappa shape index (κ1) is 22.8. The number of anilines is 1. The fourth-order valence-electron chi connectivity index (χ4n) is 3.73. The van der Waals surface area contributed by atoms with Crippen molar-refractivity contribution in [3.63, 3.8) is 0 Å². The van der Waals surface area contributed by atoms with Gasteiger partial charge in [-0.25, -0.2) is 0 Å². The lowest BCUT2D eigenvalue weighted by atomic mass is 9.97. The molecule has 1 aliphatic rings. The molecular formula is C23H27N3O4S. The molecule has 2 heterocycles. The molecule has 164 valence electrons. The van der Waals surface area contributed by atoms with Crippen molar-refractivity contribution in [3.05, 3.63) is 45.8 Å². The smallest absolute Gasteiger partial charge is 0.225 e. The van der Waals surface area contributed by atoms with Gasteiger partial charge in [-0.2, -0.15) is 5.26 Å². The topological polar surface area (TPSA) is 103 Å². The van der Waals surface area contributed by atoms with Crippen LogP contribution in [-0.2, 0) is 22.6 Å². The first-order valence-electron chi connectivity index (χ1n) is 10.4. The highest BCUT2D eigenvalue weighted by Gasteiger charge is 2.27. The van der Waals surface area contributed by atoms with Gasteiger partial charge in [0.1, 0.15) is 16.8 Å². The number of nitrogens with one attached hydrogen (secondary N) is 1. The highest BCUT2D eigenvalue weighted by molar-refractivity contribution is 7.16. The van der Waals surface area contributed by atoms with E-state index in [0.29, 0.717) is 36.7 Å². The average Bonchev–Trinajstić information content (AvgIpc) is 3.10. The lowest BCUT2D eigenvalue weighted by Gasteiger charge is -2.26. The van der Waals surface area contributed by atoms with Crippen molar-refractivity contribution in [1.29, 1.82) is 5.26 Å². The second-order valence-electron chi connectivity index (χ2n) is 7.52. The van der Waals surface area contributed by atoms with E-state index < -0.39 is 0 Å². The Morgan fingerprint density at radius 1 is 1.42 bits per heavy atom. The Kier molecular flexibility index (Phi) is 7.66. The molecule has 0 fully saturated rings. The summed E-state index contributed by atoms with van der Waals surface area (Å²) in [5, 5.41) is 22.1. The minimum absolute atomic E-state index is 0.00729. The average molecular weight is 442 g/mol. The second kappa shape index (κ2) is 10.4. The number of carbonyl (C=O) groups excluding carboxylic acids is 2. The number of benzene rings is 1. The van der Waals surface area contributed by atoms with Crippen LogP contribution < -0.4 is 10.1 Å². The van der Waals surface area contributed by atoms with E-state index in [-0.39, 0.29) is 37.2 Å². The van der Waals surface area contributed by atoms with Gasteiger partial charge in [0.15, 0.2) is 0 Å². The molecule has 1 aliphatic heterocycles. The molecule has 7 nitrogen and oxygen atoms in total. The summed E-state index contributed by atoms with van der Waals surface area (Å²) in [5.74, 6) is 0.517. The van der Waals surface area contributed by atoms with Crippen LogP contribution in [0, 0.1) is 11.3 Å². The molecule has 0 aliphatic carbocycles. The molecule has 1 unspecified atom stereocenters. The van der Waals surface area contributed by atoms with Gasteiger partial charge in [-0.15, -0.1) is 11.3 Å². The van der Waals surface area contributed by atoms with Crippen molar-refractivity contribution in [1.82, 2.24) is 4.90 Å². The summed E-state index contributed by atoms with van der Waals surface area (Å²) >= 11 is 1.36. The number of carbonyl (C=O) groups is 2. The van der Waals surface area contributed by atoms with Crippen molar-refractivity contribution >= 4 is 28.2 Å². The summed E-state index contributed by atoms with van der Waals surface area (Å²) in [4.78, 5) is 27.4. The molecule has 1 aromatic carbocycles. The van der Waals surface area contributed by atoms with Gasteiger partial charge in [-0.05, 0) is 42.5 Å². The fourth-order valence-corrected chi connectivity index (χ4v) is 4.96. The number of rotatable bonds is 8. The first-order valence-corrected chi connectivity index (χ1v) is 11.2. The number of aliphatic hydroxyl groups is 1. The van der Waals surface area contributed by atoms with Crippen molar-refractivity contribution in [2.24, 2.45) is 0 Å². The van der Waals surface area contributed by atoms with Crippen LogP contribution in [0.5, 0.6) is 5.75 Å². The van der Waals surface area contributed by atoms with E-state index in [2.05, 4.69) is 11.4 Å². The maximum atomic E-state index is 12.7. The summed E-state index contributed by atoms with van der Waals surface area (Å²) in [6.45, 7) is 5.24. The number of hydrogen-bond donors (Lipinski definition) is 2. The number of amides is 2. The van der Waals surface area contributed by atoms with Crippen molar-refractivity contribution < 1.29 is 19.4 Å². The number of fused-ring (bicyclic) bond motifs is 1. The van der Waals surface area contributed by atoms with Crippen LogP contribution in [0.15, 0.2) is 24.3 Å². The number of hydrogen-bond acceptors (Lipinski definition) is 6. The Balaban J connectivity index is 1.69. The van der Waals surface area contributed by atoms with Gasteiger partial charge >= 0.3 is 0 Å². The number of nitrogens with zero attached hydrogens (tertiary/aromatic N) is 2. The zero-order valence-electron chi connectivity index (χ0n) is 17.8. The van der Waals surface area contributed by atoms with Crippen molar-refractivity contribution in [2.45, 2.75) is 45.6 Å². The predicted molar refractivity (Wildman–Crippen MR) is 119 cm³/mol. The molecule has 2 amide bonds. The molecule has 0 spiro atoms. The van der Waals surface area contributed by atoms with E-state index >= 15 is 0 Å². The van der Waals surface area contributed by atoms with Crippen LogP contribution in [0.3, 0.4) is 0 Å². The van der Waals surface area contributed by atoms with E-state index in [1.165, 1.54) is 11.3 Å². The van der Waals surface area contributed by atoms with Gasteiger partial charge in [-0.3, -0.25) is 9.59 Å². The summed E-state index contributed by atoms with van der Waals surface area (Å²) in [6, 6.07) is 9.95. The van der Waals surface area contributed by atoms with Crippen LogP contribution >= 0.6 is 11.3 Å². The number of nitriles is 1. The third-order valence-corrected chi connectivity index (χ3v) is 6.46. The van der Waals surface area contributed by atoms with Gasteiger partial charge in [0.25, 0.3) is 0 Å². The van der Waals surface area contributed by atoms with Gasteiger partial charge in [0.2, 0.25) is 11.8 Å². The molecule has 31 heavy (non-hydrogen) atoms. The normalized spacial score (nSPS) is 13.8. The lowest BCUT2D eigenvalue weighted by molar-refractivity contribution is -0.132. The molecule has 0 bridgehead atoms. The van der Waals surface area contributed by atoms with E-state index in [1.807, 2.05) is 38.1 Å². The van der Waals surface area contributed by atoms with E-state index in [1.54, 1.807) is 4.90 Å². The number of thiophene rings is 1. The molecular weight excluding hydrogens is 414 g/mol. The monoisotopic (exact) mass is 441 g/mol. The quantitative estimate of drug-likeness (QED) is 0.653. The lowest BCUT2D eigenvalue weighted by Crippen LogP contribution is -2.35. The Bertz CT molecular complexity index is 995. The minimum Gasteiger partial charge on any atom is -0.494 e. The van der Waals surface area contributed by atoms with Gasteiger partial charge in [-0.1, -0.05) is 19.1 Å². The molecule has 2 aromatic rings. The third-order valence-electron chi connectivity index (χ3n) is 5.33. The summed E-state index contributed by atoms with van der Waals surface area (Å²) in [7, 11) is 0. The summed E-state index contributed by atoms with van der Waals surface area (Å²) in [6.07, 6.45) is 0.949. The van der Waals surface area contributed by atoms with E-state index in [0.717, 1.165) is 21.8 Å².